The van der Waals surface area contributed by atoms with E-state index < -0.39 is 0 Å². The Hall–Kier alpha value is -1.31. The number of aromatic hydroxyl groups is 1. The van der Waals surface area contributed by atoms with Crippen molar-refractivity contribution in [3.63, 3.8) is 0 Å². The monoisotopic (exact) mass is 343 g/mol. The van der Waals surface area contributed by atoms with Crippen molar-refractivity contribution in [2.24, 2.45) is 10.9 Å². The molecular formula is C23H37NO. The van der Waals surface area contributed by atoms with Crippen LogP contribution in [0.3, 0.4) is 0 Å². The minimum absolute atomic E-state index is 0.427. The second-order valence-electron chi connectivity index (χ2n) is 7.86. The fourth-order valence-corrected chi connectivity index (χ4v) is 3.86. The number of aryl methyl sites for hydroxylation is 2. The highest BCUT2D eigenvalue weighted by Gasteiger charge is 2.20. The molecule has 0 heterocycles. The van der Waals surface area contributed by atoms with Crippen LogP contribution >= 0.6 is 0 Å². The molecule has 1 aromatic rings. The summed E-state index contributed by atoms with van der Waals surface area (Å²) >= 11 is 0. The topological polar surface area (TPSA) is 32.6 Å². The lowest BCUT2D eigenvalue weighted by Gasteiger charge is -2.25. The number of phenolic OH excluding ortho intramolecular Hbond substituents is 1. The Balaban J connectivity index is 2.19. The maximum absolute atomic E-state index is 10.7. The van der Waals surface area contributed by atoms with Crippen molar-refractivity contribution in [2.45, 2.75) is 97.4 Å². The molecule has 25 heavy (non-hydrogen) atoms. The first-order valence-corrected chi connectivity index (χ1v) is 10.5. The summed E-state index contributed by atoms with van der Waals surface area (Å²) in [6.07, 6.45) is 15.2. The third-order valence-electron chi connectivity index (χ3n) is 5.62. The fourth-order valence-electron chi connectivity index (χ4n) is 3.86. The van der Waals surface area contributed by atoms with E-state index in [2.05, 4.69) is 32.9 Å². The van der Waals surface area contributed by atoms with Gasteiger partial charge in [-0.2, -0.15) is 0 Å². The molecule has 1 aliphatic carbocycles. The number of hydrogen-bond acceptors (Lipinski definition) is 2. The first kappa shape index (κ1) is 20.0. The van der Waals surface area contributed by atoms with E-state index in [1.54, 1.807) is 0 Å². The highest BCUT2D eigenvalue weighted by molar-refractivity contribution is 5.84. The zero-order chi connectivity index (χ0) is 18.1. The van der Waals surface area contributed by atoms with Gasteiger partial charge in [0.25, 0.3) is 0 Å². The van der Waals surface area contributed by atoms with Crippen molar-refractivity contribution >= 4 is 6.21 Å². The average molecular weight is 344 g/mol. The van der Waals surface area contributed by atoms with E-state index in [-0.39, 0.29) is 0 Å². The highest BCUT2D eigenvalue weighted by Crippen LogP contribution is 2.29. The molecule has 140 valence electrons. The Labute approximate surface area is 154 Å². The minimum Gasteiger partial charge on any atom is -0.507 e. The van der Waals surface area contributed by atoms with Crippen LogP contribution in [-0.4, -0.2) is 17.4 Å². The molecule has 0 aromatic heterocycles. The highest BCUT2D eigenvalue weighted by atomic mass is 16.3. The molecule has 2 rings (SSSR count). The van der Waals surface area contributed by atoms with E-state index >= 15 is 0 Å². The van der Waals surface area contributed by atoms with Crippen molar-refractivity contribution in [3.05, 3.63) is 28.8 Å². The van der Waals surface area contributed by atoms with Gasteiger partial charge in [-0.25, -0.2) is 0 Å². The van der Waals surface area contributed by atoms with Gasteiger partial charge in [-0.05, 0) is 61.6 Å². The first-order chi connectivity index (χ1) is 12.2. The van der Waals surface area contributed by atoms with Crippen molar-refractivity contribution in [2.75, 3.05) is 0 Å². The lowest BCUT2D eigenvalue weighted by molar-refractivity contribution is 0.333. The van der Waals surface area contributed by atoms with Crippen LogP contribution in [0.25, 0.3) is 0 Å². The van der Waals surface area contributed by atoms with Crippen LogP contribution in [-0.2, 0) is 12.8 Å². The van der Waals surface area contributed by atoms with Gasteiger partial charge in [-0.1, -0.05) is 58.9 Å². The van der Waals surface area contributed by atoms with Crippen LogP contribution in [0.1, 0.15) is 95.2 Å². The van der Waals surface area contributed by atoms with Crippen LogP contribution < -0.4 is 0 Å². The molecule has 0 radical (unpaired) electrons. The van der Waals surface area contributed by atoms with Gasteiger partial charge in [-0.3, -0.25) is 4.99 Å². The van der Waals surface area contributed by atoms with E-state index in [9.17, 15) is 5.11 Å². The van der Waals surface area contributed by atoms with Gasteiger partial charge in [0.15, 0.2) is 0 Å². The van der Waals surface area contributed by atoms with E-state index in [1.807, 2.05) is 6.21 Å². The molecule has 1 aromatic carbocycles. The summed E-state index contributed by atoms with van der Waals surface area (Å²) < 4.78 is 0. The number of unbranched alkanes of at least 4 members (excludes halogenated alkanes) is 3. The number of benzene rings is 1. The number of hydrogen-bond donors (Lipinski definition) is 1. The molecule has 2 atom stereocenters. The van der Waals surface area contributed by atoms with Crippen molar-refractivity contribution in [3.8, 4) is 5.75 Å². The molecule has 0 amide bonds. The zero-order valence-electron chi connectivity index (χ0n) is 16.6. The normalized spacial score (nSPS) is 21.1. The van der Waals surface area contributed by atoms with Crippen LogP contribution in [0, 0.1) is 5.92 Å². The predicted octanol–water partition coefficient (Wildman–Crippen LogP) is 6.47. The van der Waals surface area contributed by atoms with Crippen LogP contribution in [0.5, 0.6) is 5.75 Å². The summed E-state index contributed by atoms with van der Waals surface area (Å²) in [5.74, 6) is 1.12. The smallest absolute Gasteiger partial charge is 0.127 e. The molecule has 2 nitrogen and oxygen atoms in total. The summed E-state index contributed by atoms with van der Waals surface area (Å²) in [4.78, 5) is 4.87. The van der Waals surface area contributed by atoms with Crippen molar-refractivity contribution in [1.29, 1.82) is 0 Å². The molecule has 2 heteroatoms. The number of nitrogens with zero attached hydrogens (tertiary/aromatic N) is 1. The van der Waals surface area contributed by atoms with Crippen molar-refractivity contribution in [1.82, 2.24) is 0 Å². The number of aliphatic imine (C=N–C) groups is 1. The minimum atomic E-state index is 0.427. The van der Waals surface area contributed by atoms with Crippen LogP contribution in [0.15, 0.2) is 17.1 Å². The molecule has 1 aliphatic rings. The fraction of sp³-hybridized carbons (Fsp3) is 0.696. The van der Waals surface area contributed by atoms with Gasteiger partial charge in [-0.15, -0.1) is 0 Å². The van der Waals surface area contributed by atoms with Gasteiger partial charge in [0.1, 0.15) is 5.75 Å². The van der Waals surface area contributed by atoms with E-state index in [0.29, 0.717) is 17.7 Å². The summed E-state index contributed by atoms with van der Waals surface area (Å²) in [6.45, 7) is 6.76. The largest absolute Gasteiger partial charge is 0.507 e. The number of phenols is 1. The molecule has 1 fully saturated rings. The molecular weight excluding hydrogens is 306 g/mol. The van der Waals surface area contributed by atoms with Gasteiger partial charge >= 0.3 is 0 Å². The maximum Gasteiger partial charge on any atom is 0.127 e. The molecule has 0 spiro atoms. The third-order valence-corrected chi connectivity index (χ3v) is 5.62. The van der Waals surface area contributed by atoms with Gasteiger partial charge in [0.05, 0.1) is 6.04 Å². The second kappa shape index (κ2) is 10.6. The van der Waals surface area contributed by atoms with E-state index in [4.69, 9.17) is 4.99 Å². The maximum atomic E-state index is 10.7. The van der Waals surface area contributed by atoms with Crippen LogP contribution in [0.2, 0.25) is 0 Å². The molecule has 0 bridgehead atoms. The molecule has 1 saturated carbocycles. The molecule has 0 saturated heterocycles. The molecule has 2 unspecified atom stereocenters. The second-order valence-corrected chi connectivity index (χ2v) is 7.86. The quantitative estimate of drug-likeness (QED) is 0.405. The Kier molecular flexibility index (Phi) is 8.51. The SMILES string of the molecule is CCCCCc1cc(C=NC2CCCCC2C)c(O)c(CCCC)c1. The Morgan fingerprint density at radius 2 is 1.80 bits per heavy atom. The summed E-state index contributed by atoms with van der Waals surface area (Å²) in [5.41, 5.74) is 3.39. The zero-order valence-corrected chi connectivity index (χ0v) is 16.6. The summed E-state index contributed by atoms with van der Waals surface area (Å²) in [7, 11) is 0. The summed E-state index contributed by atoms with van der Waals surface area (Å²) in [6, 6.07) is 4.81. The van der Waals surface area contributed by atoms with Gasteiger partial charge in [0, 0.05) is 11.8 Å². The van der Waals surface area contributed by atoms with Crippen molar-refractivity contribution < 1.29 is 5.11 Å². The van der Waals surface area contributed by atoms with Gasteiger partial charge in [0.2, 0.25) is 0 Å². The number of rotatable bonds is 9. The van der Waals surface area contributed by atoms with E-state index in [0.717, 1.165) is 36.8 Å². The Morgan fingerprint density at radius 3 is 2.52 bits per heavy atom. The first-order valence-electron chi connectivity index (χ1n) is 10.5. The molecule has 1 N–H and O–H groups in total. The van der Waals surface area contributed by atoms with Gasteiger partial charge < -0.3 is 5.11 Å². The molecule has 0 aliphatic heterocycles. The third kappa shape index (κ3) is 6.17. The average Bonchev–Trinajstić information content (AvgIpc) is 2.62. The van der Waals surface area contributed by atoms with Crippen LogP contribution in [0.4, 0.5) is 0 Å². The Morgan fingerprint density at radius 1 is 1.04 bits per heavy atom. The Bertz CT molecular complexity index is 549. The lowest BCUT2D eigenvalue weighted by Crippen LogP contribution is -2.20. The summed E-state index contributed by atoms with van der Waals surface area (Å²) in [5, 5.41) is 10.7. The lowest BCUT2D eigenvalue weighted by atomic mass is 9.86. The van der Waals surface area contributed by atoms with E-state index in [1.165, 1.54) is 50.5 Å². The predicted molar refractivity (Wildman–Crippen MR) is 109 cm³/mol. The standard InChI is InChI=1S/C23H37NO/c1-4-6-8-12-19-15-20(13-7-5-2)23(25)21(16-19)17-24-22-14-10-9-11-18(22)3/h15-18,22,25H,4-14H2,1-3H3.